The van der Waals surface area contributed by atoms with Gasteiger partial charge < -0.3 is 20.3 Å². The van der Waals surface area contributed by atoms with Crippen LogP contribution in [0.3, 0.4) is 0 Å². The molecular formula is C27H46N4O6. The summed E-state index contributed by atoms with van der Waals surface area (Å²) < 4.78 is 5.40. The van der Waals surface area contributed by atoms with Gasteiger partial charge in [-0.3, -0.25) is 19.2 Å². The molecule has 0 aromatic rings. The molecule has 0 spiro atoms. The van der Waals surface area contributed by atoms with Gasteiger partial charge in [-0.2, -0.15) is 0 Å². The van der Waals surface area contributed by atoms with Gasteiger partial charge in [0.2, 0.25) is 11.8 Å². The molecule has 0 aromatic carbocycles. The first-order chi connectivity index (χ1) is 17.4. The number of hydroxylamine groups is 1. The van der Waals surface area contributed by atoms with E-state index in [1.54, 1.807) is 25.7 Å². The van der Waals surface area contributed by atoms with Crippen molar-refractivity contribution in [2.24, 2.45) is 11.8 Å². The minimum Gasteiger partial charge on any atom is -0.444 e. The van der Waals surface area contributed by atoms with Gasteiger partial charge in [-0.25, -0.2) is 10.3 Å². The maximum Gasteiger partial charge on any atom is 0.408 e. The fourth-order valence-electron chi connectivity index (χ4n) is 5.31. The van der Waals surface area contributed by atoms with Gasteiger partial charge in [-0.05, 0) is 64.7 Å². The summed E-state index contributed by atoms with van der Waals surface area (Å²) in [7, 11) is 0. The molecule has 0 aromatic heterocycles. The quantitative estimate of drug-likeness (QED) is 0.476. The van der Waals surface area contributed by atoms with Gasteiger partial charge in [0.25, 0.3) is 5.91 Å². The molecule has 10 heteroatoms. The summed E-state index contributed by atoms with van der Waals surface area (Å²) in [6, 6.07) is -1.44. The minimum absolute atomic E-state index is 0.0522. The molecule has 10 nitrogen and oxygen atoms in total. The van der Waals surface area contributed by atoms with Crippen molar-refractivity contribution >= 4 is 23.8 Å². The second-order valence-electron chi connectivity index (χ2n) is 12.2. The van der Waals surface area contributed by atoms with E-state index in [2.05, 4.69) is 16.1 Å². The predicted molar refractivity (Wildman–Crippen MR) is 138 cm³/mol. The van der Waals surface area contributed by atoms with E-state index >= 15 is 0 Å². The summed E-state index contributed by atoms with van der Waals surface area (Å²) in [4.78, 5) is 59.7. The van der Waals surface area contributed by atoms with Crippen LogP contribution >= 0.6 is 0 Å². The topological polar surface area (TPSA) is 126 Å². The molecular weight excluding hydrogens is 476 g/mol. The van der Waals surface area contributed by atoms with E-state index in [-0.39, 0.29) is 29.6 Å². The van der Waals surface area contributed by atoms with Gasteiger partial charge in [0, 0.05) is 6.54 Å². The van der Waals surface area contributed by atoms with E-state index in [0.29, 0.717) is 38.8 Å². The summed E-state index contributed by atoms with van der Waals surface area (Å²) >= 11 is 0. The predicted octanol–water partition coefficient (Wildman–Crippen LogP) is 3.19. The Labute approximate surface area is 220 Å². The number of fused-ring (bicyclic) bond motifs is 2. The first-order valence-electron chi connectivity index (χ1n) is 14.0. The van der Waals surface area contributed by atoms with Gasteiger partial charge in [0.1, 0.15) is 23.2 Å². The number of carbonyl (C=O) groups is 4. The largest absolute Gasteiger partial charge is 0.444 e. The first kappa shape index (κ1) is 29.2. The molecule has 3 rings (SSSR count). The zero-order valence-electron chi connectivity index (χ0n) is 23.2. The van der Waals surface area contributed by atoms with Crippen molar-refractivity contribution < 1.29 is 28.8 Å². The van der Waals surface area contributed by atoms with E-state index in [1.807, 2.05) is 13.8 Å². The molecule has 0 unspecified atom stereocenters. The van der Waals surface area contributed by atoms with E-state index in [1.165, 1.54) is 0 Å². The third-order valence-corrected chi connectivity index (χ3v) is 7.31. The Bertz CT molecular complexity index is 841. The van der Waals surface area contributed by atoms with E-state index < -0.39 is 29.3 Å². The number of alkyl carbamates (subject to hydrolysis) is 1. The molecule has 1 saturated carbocycles. The molecule has 2 heterocycles. The molecule has 2 saturated heterocycles. The van der Waals surface area contributed by atoms with E-state index in [0.717, 1.165) is 38.5 Å². The fourth-order valence-corrected chi connectivity index (χ4v) is 5.31. The van der Waals surface area contributed by atoms with Crippen LogP contribution in [0.4, 0.5) is 4.79 Å². The second kappa shape index (κ2) is 12.5. The maximum atomic E-state index is 13.6. The lowest BCUT2D eigenvalue weighted by Gasteiger charge is -2.30. The molecule has 4 atom stereocenters. The number of nitrogens with one attached hydrogen (secondary N) is 3. The SMILES string of the molecule is CC(C)CONC(=O)[C@@]12C[C@H]1CCCCCCC[C@H](NC(=O)OC(C)(C)C)C(=O)N1CCC[C@H]1C(=O)N2. The Morgan fingerprint density at radius 3 is 2.41 bits per heavy atom. The molecule has 2 aliphatic heterocycles. The van der Waals surface area contributed by atoms with Crippen molar-refractivity contribution in [2.45, 2.75) is 122 Å². The Balaban J connectivity index is 1.76. The average Bonchev–Trinajstić information content (AvgIpc) is 3.25. The Kier molecular flexibility index (Phi) is 9.83. The van der Waals surface area contributed by atoms with Gasteiger partial charge in [-0.15, -0.1) is 0 Å². The summed E-state index contributed by atoms with van der Waals surface area (Å²) in [5.74, 6) is -0.606. The number of nitrogens with zero attached hydrogens (tertiary/aromatic N) is 1. The van der Waals surface area contributed by atoms with E-state index in [9.17, 15) is 19.2 Å². The lowest BCUT2D eigenvalue weighted by atomic mass is 10.0. The van der Waals surface area contributed by atoms with Crippen LogP contribution in [-0.2, 0) is 24.0 Å². The minimum atomic E-state index is -1.00. The Hall–Kier alpha value is -2.36. The molecule has 3 fully saturated rings. The number of rotatable bonds is 5. The number of hydrogen-bond donors (Lipinski definition) is 3. The van der Waals surface area contributed by atoms with Crippen LogP contribution in [0.1, 0.15) is 98.8 Å². The normalized spacial score (nSPS) is 29.4. The van der Waals surface area contributed by atoms with Gasteiger partial charge >= 0.3 is 6.09 Å². The summed E-state index contributed by atoms with van der Waals surface area (Å²) in [5.41, 5.74) is 0.868. The highest BCUT2D eigenvalue weighted by Crippen LogP contribution is 2.47. The zero-order chi connectivity index (χ0) is 27.2. The van der Waals surface area contributed by atoms with Crippen LogP contribution in [-0.4, -0.2) is 65.1 Å². The molecule has 3 aliphatic rings. The molecule has 3 N–H and O–H groups in total. The van der Waals surface area contributed by atoms with E-state index in [4.69, 9.17) is 9.57 Å². The van der Waals surface area contributed by atoms with Crippen molar-refractivity contribution in [3.8, 4) is 0 Å². The number of ether oxygens (including phenoxy) is 1. The number of carbonyl (C=O) groups excluding carboxylic acids is 4. The van der Waals surface area contributed by atoms with Crippen LogP contribution < -0.4 is 16.1 Å². The zero-order valence-corrected chi connectivity index (χ0v) is 23.2. The second-order valence-corrected chi connectivity index (χ2v) is 12.2. The van der Waals surface area contributed by atoms with Crippen molar-refractivity contribution in [3.63, 3.8) is 0 Å². The highest BCUT2D eigenvalue weighted by molar-refractivity contribution is 5.97. The number of hydrogen-bond acceptors (Lipinski definition) is 6. The molecule has 0 bridgehead atoms. The molecule has 210 valence electrons. The third-order valence-electron chi connectivity index (χ3n) is 7.31. The lowest BCUT2D eigenvalue weighted by Crippen LogP contribution is -2.58. The van der Waals surface area contributed by atoms with Crippen LogP contribution in [0, 0.1) is 11.8 Å². The maximum absolute atomic E-state index is 13.6. The van der Waals surface area contributed by atoms with Crippen molar-refractivity contribution in [3.05, 3.63) is 0 Å². The van der Waals surface area contributed by atoms with Crippen molar-refractivity contribution in [1.82, 2.24) is 21.0 Å². The Morgan fingerprint density at radius 1 is 1.05 bits per heavy atom. The molecule has 1 aliphatic carbocycles. The number of amides is 4. The van der Waals surface area contributed by atoms with Crippen LogP contribution in [0.25, 0.3) is 0 Å². The van der Waals surface area contributed by atoms with Gasteiger partial charge in [-0.1, -0.05) is 46.0 Å². The highest BCUT2D eigenvalue weighted by atomic mass is 16.7. The summed E-state index contributed by atoms with van der Waals surface area (Å²) in [6.45, 7) is 10.1. The highest BCUT2D eigenvalue weighted by Gasteiger charge is 2.61. The first-order valence-corrected chi connectivity index (χ1v) is 14.0. The summed E-state index contributed by atoms with van der Waals surface area (Å²) in [5, 5.41) is 5.77. The smallest absolute Gasteiger partial charge is 0.408 e. The van der Waals surface area contributed by atoms with Crippen molar-refractivity contribution in [1.29, 1.82) is 0 Å². The average molecular weight is 523 g/mol. The molecule has 37 heavy (non-hydrogen) atoms. The lowest BCUT2D eigenvalue weighted by molar-refractivity contribution is -0.144. The summed E-state index contributed by atoms with van der Waals surface area (Å²) in [6.07, 6.45) is 7.20. The molecule has 4 amide bonds. The van der Waals surface area contributed by atoms with Crippen LogP contribution in [0.15, 0.2) is 0 Å². The van der Waals surface area contributed by atoms with Crippen LogP contribution in [0.5, 0.6) is 0 Å². The Morgan fingerprint density at radius 2 is 1.73 bits per heavy atom. The standard InChI is InChI=1S/C27H46N4O6/c1-18(2)17-36-30-24(34)27-16-19(27)12-9-7-6-8-10-13-20(28-25(35)37-26(3,4)5)23(33)31-15-11-14-21(31)22(32)29-27/h18-21H,6-17H2,1-5H3,(H,28,35)(H,29,32)(H,30,34)/t19-,20+,21+,27-/m1/s1. The molecule has 0 radical (unpaired) electrons. The fraction of sp³-hybridized carbons (Fsp3) is 0.852. The van der Waals surface area contributed by atoms with Crippen molar-refractivity contribution in [2.75, 3.05) is 13.2 Å². The van der Waals surface area contributed by atoms with Crippen LogP contribution in [0.2, 0.25) is 0 Å². The third kappa shape index (κ3) is 8.06. The monoisotopic (exact) mass is 522 g/mol. The van der Waals surface area contributed by atoms with Gasteiger partial charge in [0.05, 0.1) is 6.61 Å². The van der Waals surface area contributed by atoms with Gasteiger partial charge in [0.15, 0.2) is 0 Å².